The second kappa shape index (κ2) is 7.00. The molecule has 2 heterocycles. The standard InChI is InChI=1S/C23H19FN2O2/c1-13(2)21-19(12-27)20(14-7-9-15(24)10-8-14)18-11-25-23(28)17-6-4-3-5-16(17)22(18)26-21/h3-10,12-13H,11H2,1-2H3,(H,25,28). The monoisotopic (exact) mass is 374 g/mol. The van der Waals surface area contributed by atoms with Crippen LogP contribution in [0.2, 0.25) is 0 Å². The van der Waals surface area contributed by atoms with Crippen LogP contribution >= 0.6 is 0 Å². The van der Waals surface area contributed by atoms with Gasteiger partial charge in [-0.05, 0) is 29.7 Å². The van der Waals surface area contributed by atoms with Crippen LogP contribution in [0.1, 0.15) is 51.7 Å². The Hall–Kier alpha value is -3.34. The first kappa shape index (κ1) is 18.0. The van der Waals surface area contributed by atoms with Gasteiger partial charge in [0.1, 0.15) is 5.82 Å². The van der Waals surface area contributed by atoms with E-state index in [0.29, 0.717) is 28.1 Å². The maximum atomic E-state index is 13.5. The van der Waals surface area contributed by atoms with E-state index in [1.54, 1.807) is 18.2 Å². The zero-order valence-electron chi connectivity index (χ0n) is 15.6. The summed E-state index contributed by atoms with van der Waals surface area (Å²) in [6.07, 6.45) is 0.805. The fourth-order valence-electron chi connectivity index (χ4n) is 3.71. The van der Waals surface area contributed by atoms with E-state index in [-0.39, 0.29) is 24.2 Å². The van der Waals surface area contributed by atoms with Crippen LogP contribution in [0.5, 0.6) is 0 Å². The molecule has 1 aliphatic heterocycles. The number of halogens is 1. The number of aromatic nitrogens is 1. The summed E-state index contributed by atoms with van der Waals surface area (Å²) >= 11 is 0. The zero-order valence-corrected chi connectivity index (χ0v) is 15.6. The SMILES string of the molecule is CC(C)c1nc2c(c(-c3ccc(F)cc3)c1C=O)CNC(=O)c1ccccc1-2. The number of hydrogen-bond donors (Lipinski definition) is 1. The number of nitrogens with zero attached hydrogens (tertiary/aromatic N) is 1. The number of fused-ring (bicyclic) bond motifs is 3. The highest BCUT2D eigenvalue weighted by atomic mass is 19.1. The third-order valence-electron chi connectivity index (χ3n) is 5.02. The van der Waals surface area contributed by atoms with E-state index in [1.807, 2.05) is 32.0 Å². The molecule has 0 aliphatic carbocycles. The van der Waals surface area contributed by atoms with Crippen molar-refractivity contribution < 1.29 is 14.0 Å². The molecule has 0 saturated heterocycles. The van der Waals surface area contributed by atoms with E-state index in [0.717, 1.165) is 23.0 Å². The van der Waals surface area contributed by atoms with Crippen LogP contribution < -0.4 is 5.32 Å². The van der Waals surface area contributed by atoms with E-state index in [9.17, 15) is 14.0 Å². The Bertz CT molecular complexity index is 1090. The summed E-state index contributed by atoms with van der Waals surface area (Å²) in [6, 6.07) is 13.4. The molecule has 0 spiro atoms. The molecule has 0 saturated carbocycles. The molecule has 0 fully saturated rings. The summed E-state index contributed by atoms with van der Waals surface area (Å²) in [5.74, 6) is -0.527. The summed E-state index contributed by atoms with van der Waals surface area (Å²) in [5, 5.41) is 2.91. The van der Waals surface area contributed by atoms with Gasteiger partial charge in [0.15, 0.2) is 6.29 Å². The van der Waals surface area contributed by atoms with E-state index < -0.39 is 0 Å². The third kappa shape index (κ3) is 2.89. The number of aldehydes is 1. The largest absolute Gasteiger partial charge is 0.348 e. The van der Waals surface area contributed by atoms with E-state index in [1.165, 1.54) is 12.1 Å². The van der Waals surface area contributed by atoms with E-state index in [4.69, 9.17) is 4.98 Å². The van der Waals surface area contributed by atoms with Crippen molar-refractivity contribution in [1.82, 2.24) is 10.3 Å². The maximum absolute atomic E-state index is 13.5. The van der Waals surface area contributed by atoms with Crippen molar-refractivity contribution in [3.63, 3.8) is 0 Å². The number of rotatable bonds is 3. The topological polar surface area (TPSA) is 59.1 Å². The molecule has 0 atom stereocenters. The van der Waals surface area contributed by atoms with Crippen molar-refractivity contribution in [3.05, 3.63) is 76.7 Å². The number of carbonyl (C=O) groups excluding carboxylic acids is 2. The van der Waals surface area contributed by atoms with Gasteiger partial charge in [0, 0.05) is 34.4 Å². The fourth-order valence-corrected chi connectivity index (χ4v) is 3.71. The summed E-state index contributed by atoms with van der Waals surface area (Å²) in [7, 11) is 0. The fraction of sp³-hybridized carbons (Fsp3) is 0.174. The van der Waals surface area contributed by atoms with Gasteiger partial charge < -0.3 is 5.32 Å². The van der Waals surface area contributed by atoms with Gasteiger partial charge in [0.25, 0.3) is 5.91 Å². The first-order valence-electron chi connectivity index (χ1n) is 9.16. The van der Waals surface area contributed by atoms with Crippen LogP contribution in [0.3, 0.4) is 0 Å². The van der Waals surface area contributed by atoms with Gasteiger partial charge in [-0.25, -0.2) is 4.39 Å². The second-order valence-electron chi connectivity index (χ2n) is 7.12. The minimum Gasteiger partial charge on any atom is -0.348 e. The van der Waals surface area contributed by atoms with E-state index in [2.05, 4.69) is 5.32 Å². The lowest BCUT2D eigenvalue weighted by molar-refractivity contribution is 0.0952. The molecule has 4 rings (SSSR count). The Morgan fingerprint density at radius 2 is 1.75 bits per heavy atom. The van der Waals surface area contributed by atoms with Crippen LogP contribution in [0, 0.1) is 5.82 Å². The lowest BCUT2D eigenvalue weighted by Crippen LogP contribution is -2.21. The first-order valence-corrected chi connectivity index (χ1v) is 9.16. The molecular formula is C23H19FN2O2. The molecule has 4 nitrogen and oxygen atoms in total. The summed E-state index contributed by atoms with van der Waals surface area (Å²) in [5.41, 5.74) is 5.28. The average Bonchev–Trinajstić information content (AvgIpc) is 2.84. The summed E-state index contributed by atoms with van der Waals surface area (Å²) < 4.78 is 13.5. The smallest absolute Gasteiger partial charge is 0.252 e. The molecule has 0 radical (unpaired) electrons. The van der Waals surface area contributed by atoms with Crippen LogP contribution in [-0.4, -0.2) is 17.2 Å². The number of carbonyl (C=O) groups is 2. The van der Waals surface area contributed by atoms with Gasteiger partial charge in [-0.15, -0.1) is 0 Å². The lowest BCUT2D eigenvalue weighted by atomic mass is 9.88. The van der Waals surface area contributed by atoms with Crippen molar-refractivity contribution in [2.75, 3.05) is 0 Å². The summed E-state index contributed by atoms with van der Waals surface area (Å²) in [4.78, 5) is 29.5. The highest BCUT2D eigenvalue weighted by Crippen LogP contribution is 2.39. The predicted molar refractivity (Wildman–Crippen MR) is 106 cm³/mol. The first-order chi connectivity index (χ1) is 13.5. The number of nitrogens with one attached hydrogen (secondary N) is 1. The number of hydrogen-bond acceptors (Lipinski definition) is 3. The molecule has 0 bridgehead atoms. The lowest BCUT2D eigenvalue weighted by Gasteiger charge is -2.20. The number of amides is 1. The molecule has 3 aromatic rings. The van der Waals surface area contributed by atoms with Gasteiger partial charge >= 0.3 is 0 Å². The Labute approximate surface area is 162 Å². The summed E-state index contributed by atoms with van der Waals surface area (Å²) in [6.45, 7) is 4.19. The molecule has 1 aliphatic rings. The van der Waals surface area contributed by atoms with Crippen LogP contribution in [0.4, 0.5) is 4.39 Å². The van der Waals surface area contributed by atoms with Gasteiger partial charge in [-0.3, -0.25) is 14.6 Å². The minimum absolute atomic E-state index is 0.00349. The van der Waals surface area contributed by atoms with Crippen LogP contribution in [0.25, 0.3) is 22.4 Å². The third-order valence-corrected chi connectivity index (χ3v) is 5.02. The molecule has 0 unspecified atom stereocenters. The average molecular weight is 374 g/mol. The molecule has 2 aromatic carbocycles. The Morgan fingerprint density at radius 1 is 1.07 bits per heavy atom. The Balaban J connectivity index is 2.12. The highest BCUT2D eigenvalue weighted by Gasteiger charge is 2.27. The Kier molecular flexibility index (Phi) is 4.51. The van der Waals surface area contributed by atoms with Gasteiger partial charge in [0.05, 0.1) is 11.4 Å². The molecule has 1 N–H and O–H groups in total. The van der Waals surface area contributed by atoms with Crippen molar-refractivity contribution in [1.29, 1.82) is 0 Å². The van der Waals surface area contributed by atoms with Gasteiger partial charge in [-0.2, -0.15) is 0 Å². The zero-order chi connectivity index (χ0) is 19.8. The van der Waals surface area contributed by atoms with Crippen LogP contribution in [-0.2, 0) is 6.54 Å². The molecule has 1 amide bonds. The minimum atomic E-state index is -0.348. The van der Waals surface area contributed by atoms with Crippen molar-refractivity contribution >= 4 is 12.2 Å². The normalized spacial score (nSPS) is 12.8. The quantitative estimate of drug-likeness (QED) is 0.674. The van der Waals surface area contributed by atoms with Gasteiger partial charge in [0.2, 0.25) is 0 Å². The van der Waals surface area contributed by atoms with Crippen molar-refractivity contribution in [2.24, 2.45) is 0 Å². The number of benzene rings is 2. The molecule has 5 heteroatoms. The second-order valence-corrected chi connectivity index (χ2v) is 7.12. The molecule has 140 valence electrons. The molecule has 28 heavy (non-hydrogen) atoms. The highest BCUT2D eigenvalue weighted by molar-refractivity contribution is 6.03. The number of pyridine rings is 1. The van der Waals surface area contributed by atoms with Crippen molar-refractivity contribution in [2.45, 2.75) is 26.3 Å². The molecule has 1 aromatic heterocycles. The van der Waals surface area contributed by atoms with Crippen molar-refractivity contribution in [3.8, 4) is 22.4 Å². The maximum Gasteiger partial charge on any atom is 0.252 e. The predicted octanol–water partition coefficient (Wildman–Crippen LogP) is 4.73. The molecular weight excluding hydrogens is 355 g/mol. The van der Waals surface area contributed by atoms with Gasteiger partial charge in [-0.1, -0.05) is 44.2 Å². The Morgan fingerprint density at radius 3 is 2.39 bits per heavy atom. The van der Waals surface area contributed by atoms with Crippen LogP contribution in [0.15, 0.2) is 48.5 Å². The van der Waals surface area contributed by atoms with E-state index >= 15 is 0 Å².